The van der Waals surface area contributed by atoms with Crippen molar-refractivity contribution in [3.63, 3.8) is 0 Å². The minimum atomic E-state index is -0.212. The van der Waals surface area contributed by atoms with Crippen LogP contribution in [0.4, 0.5) is 5.69 Å². The van der Waals surface area contributed by atoms with Gasteiger partial charge in [-0.1, -0.05) is 36.4 Å². The van der Waals surface area contributed by atoms with E-state index in [-0.39, 0.29) is 12.5 Å². The minimum absolute atomic E-state index is 0.0388. The average molecular weight is 278 g/mol. The van der Waals surface area contributed by atoms with Gasteiger partial charge in [0.05, 0.1) is 11.9 Å². The fourth-order valence-electron chi connectivity index (χ4n) is 2.10. The molecular formula is C17H14N2O2. The Morgan fingerprint density at radius 2 is 1.90 bits per heavy atom. The number of hydrogen-bond donors (Lipinski definition) is 1. The number of aromatic nitrogens is 1. The van der Waals surface area contributed by atoms with Crippen LogP contribution >= 0.6 is 0 Å². The molecule has 21 heavy (non-hydrogen) atoms. The first-order valence-corrected chi connectivity index (χ1v) is 6.63. The third-order valence-electron chi connectivity index (χ3n) is 3.05. The van der Waals surface area contributed by atoms with Gasteiger partial charge in [-0.25, -0.2) is 0 Å². The summed E-state index contributed by atoms with van der Waals surface area (Å²) in [4.78, 5) is 15.8. The van der Waals surface area contributed by atoms with E-state index in [2.05, 4.69) is 10.3 Å². The number of carbonyl (C=O) groups is 1. The third kappa shape index (κ3) is 3.17. The van der Waals surface area contributed by atoms with Crippen molar-refractivity contribution in [3.05, 3.63) is 67.0 Å². The van der Waals surface area contributed by atoms with Crippen LogP contribution in [-0.2, 0) is 4.79 Å². The number of carbonyl (C=O) groups excluding carboxylic acids is 1. The van der Waals surface area contributed by atoms with Crippen LogP contribution in [0.2, 0.25) is 0 Å². The lowest BCUT2D eigenvalue weighted by atomic mass is 10.1. The molecule has 3 rings (SSSR count). The van der Waals surface area contributed by atoms with E-state index in [4.69, 9.17) is 4.74 Å². The maximum Gasteiger partial charge on any atom is 0.262 e. The molecule has 104 valence electrons. The maximum absolute atomic E-state index is 11.9. The molecule has 0 aliphatic carbocycles. The van der Waals surface area contributed by atoms with Gasteiger partial charge in [0.1, 0.15) is 5.75 Å². The van der Waals surface area contributed by atoms with Crippen molar-refractivity contribution < 1.29 is 9.53 Å². The van der Waals surface area contributed by atoms with Crippen molar-refractivity contribution >= 4 is 22.4 Å². The Hall–Kier alpha value is -2.88. The fourth-order valence-corrected chi connectivity index (χ4v) is 2.10. The van der Waals surface area contributed by atoms with Crippen LogP contribution in [-0.4, -0.2) is 17.5 Å². The predicted molar refractivity (Wildman–Crippen MR) is 82.3 cm³/mol. The fraction of sp³-hybridized carbons (Fsp3) is 0.0588. The van der Waals surface area contributed by atoms with Crippen molar-refractivity contribution in [2.24, 2.45) is 0 Å². The average Bonchev–Trinajstić information content (AvgIpc) is 2.54. The molecule has 1 amide bonds. The number of fused-ring (bicyclic) bond motifs is 1. The summed E-state index contributed by atoms with van der Waals surface area (Å²) in [5, 5.41) is 4.81. The second-order valence-corrected chi connectivity index (χ2v) is 4.56. The van der Waals surface area contributed by atoms with Gasteiger partial charge >= 0.3 is 0 Å². The topological polar surface area (TPSA) is 51.2 Å². The molecule has 0 spiro atoms. The molecule has 1 N–H and O–H groups in total. The molecule has 4 heteroatoms. The largest absolute Gasteiger partial charge is 0.483 e. The van der Waals surface area contributed by atoms with Crippen LogP contribution in [0.1, 0.15) is 0 Å². The van der Waals surface area contributed by atoms with Crippen LogP contribution < -0.4 is 10.1 Å². The molecule has 1 aromatic heterocycles. The van der Waals surface area contributed by atoms with E-state index in [9.17, 15) is 4.79 Å². The summed E-state index contributed by atoms with van der Waals surface area (Å²) < 4.78 is 5.62. The number of hydrogen-bond acceptors (Lipinski definition) is 3. The Morgan fingerprint density at radius 3 is 2.76 bits per heavy atom. The maximum atomic E-state index is 11.9. The first-order chi connectivity index (χ1) is 10.3. The SMILES string of the molecule is O=C(COc1cccc2ccccc12)Nc1cccnc1. The monoisotopic (exact) mass is 278 g/mol. The van der Waals surface area contributed by atoms with Gasteiger partial charge in [-0.15, -0.1) is 0 Å². The van der Waals surface area contributed by atoms with E-state index in [0.29, 0.717) is 11.4 Å². The van der Waals surface area contributed by atoms with E-state index in [1.165, 1.54) is 0 Å². The lowest BCUT2D eigenvalue weighted by molar-refractivity contribution is -0.118. The summed E-state index contributed by atoms with van der Waals surface area (Å²) in [5.41, 5.74) is 0.656. The van der Waals surface area contributed by atoms with E-state index in [1.807, 2.05) is 42.5 Å². The number of nitrogens with zero attached hydrogens (tertiary/aromatic N) is 1. The minimum Gasteiger partial charge on any atom is -0.483 e. The number of rotatable bonds is 4. The zero-order valence-electron chi connectivity index (χ0n) is 11.3. The Bertz CT molecular complexity index is 752. The molecule has 0 radical (unpaired) electrons. The zero-order valence-corrected chi connectivity index (χ0v) is 11.3. The molecule has 0 aliphatic rings. The molecular weight excluding hydrogens is 264 g/mol. The van der Waals surface area contributed by atoms with Gasteiger partial charge in [0.15, 0.2) is 6.61 Å². The van der Waals surface area contributed by atoms with Crippen LogP contribution in [0.15, 0.2) is 67.0 Å². The van der Waals surface area contributed by atoms with Crippen molar-refractivity contribution in [1.29, 1.82) is 0 Å². The molecule has 0 aliphatic heterocycles. The highest BCUT2D eigenvalue weighted by Gasteiger charge is 2.06. The molecule has 1 heterocycles. The summed E-state index contributed by atoms with van der Waals surface area (Å²) in [6, 6.07) is 17.2. The number of pyridine rings is 1. The highest BCUT2D eigenvalue weighted by molar-refractivity contribution is 5.92. The summed E-state index contributed by atoms with van der Waals surface area (Å²) in [6.45, 7) is -0.0388. The molecule has 0 saturated carbocycles. The Kier molecular flexibility index (Phi) is 3.78. The Balaban J connectivity index is 1.68. The second kappa shape index (κ2) is 6.05. The molecule has 2 aromatic carbocycles. The number of ether oxygens (including phenoxy) is 1. The molecule has 0 unspecified atom stereocenters. The van der Waals surface area contributed by atoms with E-state index >= 15 is 0 Å². The van der Waals surface area contributed by atoms with Crippen molar-refractivity contribution in [2.45, 2.75) is 0 Å². The van der Waals surface area contributed by atoms with E-state index < -0.39 is 0 Å². The molecule has 0 saturated heterocycles. The summed E-state index contributed by atoms with van der Waals surface area (Å²) in [7, 11) is 0. The van der Waals surface area contributed by atoms with Gasteiger partial charge < -0.3 is 10.1 Å². The standard InChI is InChI=1S/C17H14N2O2/c20-17(19-14-7-4-10-18-11-14)12-21-16-9-3-6-13-5-1-2-8-15(13)16/h1-11H,12H2,(H,19,20). The molecule has 4 nitrogen and oxygen atoms in total. The number of benzene rings is 2. The van der Waals surface area contributed by atoms with Crippen LogP contribution in [0.5, 0.6) is 5.75 Å². The lowest BCUT2D eigenvalue weighted by Crippen LogP contribution is -2.20. The highest BCUT2D eigenvalue weighted by Crippen LogP contribution is 2.24. The lowest BCUT2D eigenvalue weighted by Gasteiger charge is -2.09. The van der Waals surface area contributed by atoms with Crippen LogP contribution in [0.25, 0.3) is 10.8 Å². The first-order valence-electron chi connectivity index (χ1n) is 6.63. The van der Waals surface area contributed by atoms with E-state index in [0.717, 1.165) is 10.8 Å². The molecule has 0 atom stereocenters. The quantitative estimate of drug-likeness (QED) is 0.797. The summed E-state index contributed by atoms with van der Waals surface area (Å²) in [5.74, 6) is 0.491. The smallest absolute Gasteiger partial charge is 0.262 e. The van der Waals surface area contributed by atoms with Crippen molar-refractivity contribution in [1.82, 2.24) is 4.98 Å². The number of amides is 1. The van der Waals surface area contributed by atoms with E-state index in [1.54, 1.807) is 24.5 Å². The summed E-state index contributed by atoms with van der Waals surface area (Å²) >= 11 is 0. The Labute approximate surface area is 122 Å². The first kappa shape index (κ1) is 13.1. The molecule has 0 fully saturated rings. The van der Waals surface area contributed by atoms with Gasteiger partial charge in [-0.05, 0) is 23.6 Å². The van der Waals surface area contributed by atoms with Gasteiger partial charge in [-0.2, -0.15) is 0 Å². The second-order valence-electron chi connectivity index (χ2n) is 4.56. The zero-order chi connectivity index (χ0) is 14.5. The molecule has 0 bridgehead atoms. The van der Waals surface area contributed by atoms with Gasteiger partial charge in [-0.3, -0.25) is 9.78 Å². The van der Waals surface area contributed by atoms with Gasteiger partial charge in [0.25, 0.3) is 5.91 Å². The van der Waals surface area contributed by atoms with Crippen LogP contribution in [0.3, 0.4) is 0 Å². The van der Waals surface area contributed by atoms with Crippen molar-refractivity contribution in [2.75, 3.05) is 11.9 Å². The van der Waals surface area contributed by atoms with Crippen molar-refractivity contribution in [3.8, 4) is 5.75 Å². The number of nitrogens with one attached hydrogen (secondary N) is 1. The third-order valence-corrected chi connectivity index (χ3v) is 3.05. The number of anilines is 1. The summed E-state index contributed by atoms with van der Waals surface area (Å²) in [6.07, 6.45) is 3.25. The normalized spacial score (nSPS) is 10.3. The highest BCUT2D eigenvalue weighted by atomic mass is 16.5. The van der Waals surface area contributed by atoms with Gasteiger partial charge in [0.2, 0.25) is 0 Å². The predicted octanol–water partition coefficient (Wildman–Crippen LogP) is 3.25. The molecule has 3 aromatic rings. The van der Waals surface area contributed by atoms with Crippen LogP contribution in [0, 0.1) is 0 Å². The Morgan fingerprint density at radius 1 is 1.05 bits per heavy atom. The van der Waals surface area contributed by atoms with Gasteiger partial charge in [0, 0.05) is 11.6 Å².